The van der Waals surface area contributed by atoms with Crippen LogP contribution < -0.4 is 9.47 Å². The predicted molar refractivity (Wildman–Crippen MR) is 74.4 cm³/mol. The first-order chi connectivity index (χ1) is 10.3. The Balaban J connectivity index is 1.55. The third-order valence-electron chi connectivity index (χ3n) is 3.52. The van der Waals surface area contributed by atoms with Gasteiger partial charge in [-0.25, -0.2) is 0 Å². The number of ether oxygens (including phenoxy) is 2. The molecule has 4 rings (SSSR count). The summed E-state index contributed by atoms with van der Waals surface area (Å²) in [6.45, 7) is 0.230. The van der Waals surface area contributed by atoms with Crippen LogP contribution in [0.1, 0.15) is 19.3 Å². The van der Waals surface area contributed by atoms with E-state index in [0.29, 0.717) is 29.0 Å². The molecule has 108 valence electrons. The van der Waals surface area contributed by atoms with Crippen LogP contribution in [-0.2, 0) is 4.79 Å². The van der Waals surface area contributed by atoms with Crippen LogP contribution >= 0.6 is 11.8 Å². The molecule has 0 spiro atoms. The number of fused-ring (bicyclic) bond motifs is 1. The predicted octanol–water partition coefficient (Wildman–Crippen LogP) is 2.68. The summed E-state index contributed by atoms with van der Waals surface area (Å²) in [6.07, 6.45) is 2.48. The van der Waals surface area contributed by atoms with Gasteiger partial charge in [-0.2, -0.15) is 0 Å². The molecule has 6 nitrogen and oxygen atoms in total. The van der Waals surface area contributed by atoms with Gasteiger partial charge in [-0.3, -0.25) is 4.79 Å². The van der Waals surface area contributed by atoms with Crippen LogP contribution in [-0.4, -0.2) is 28.0 Å². The van der Waals surface area contributed by atoms with Crippen LogP contribution in [0.3, 0.4) is 0 Å². The molecule has 0 unspecified atom stereocenters. The van der Waals surface area contributed by atoms with Crippen LogP contribution in [0.2, 0.25) is 0 Å². The molecule has 1 fully saturated rings. The average molecular weight is 304 g/mol. The highest BCUT2D eigenvalue weighted by atomic mass is 32.2. The van der Waals surface area contributed by atoms with Gasteiger partial charge in [-0.15, -0.1) is 10.2 Å². The van der Waals surface area contributed by atoms with Gasteiger partial charge in [0.1, 0.15) is 5.78 Å². The Morgan fingerprint density at radius 2 is 2.10 bits per heavy atom. The minimum Gasteiger partial charge on any atom is -0.454 e. The lowest BCUT2D eigenvalue weighted by Gasteiger charge is -2.02. The molecule has 7 heteroatoms. The summed E-state index contributed by atoms with van der Waals surface area (Å²) in [5, 5.41) is 8.43. The topological polar surface area (TPSA) is 74.5 Å². The van der Waals surface area contributed by atoms with Crippen molar-refractivity contribution in [2.75, 3.05) is 6.79 Å². The third-order valence-corrected chi connectivity index (χ3v) is 4.67. The van der Waals surface area contributed by atoms with Crippen molar-refractivity contribution in [3.8, 4) is 23.0 Å². The number of carbonyl (C=O) groups excluding carboxylic acids is 1. The van der Waals surface area contributed by atoms with Crippen molar-refractivity contribution in [2.45, 2.75) is 29.7 Å². The minimum atomic E-state index is -0.0462. The molecule has 1 aromatic heterocycles. The average Bonchev–Trinajstić information content (AvgIpc) is 3.20. The molecule has 1 aliphatic carbocycles. The Morgan fingerprint density at radius 1 is 1.19 bits per heavy atom. The Kier molecular flexibility index (Phi) is 3.07. The maximum atomic E-state index is 11.6. The number of nitrogens with zero attached hydrogens (tertiary/aromatic N) is 2. The lowest BCUT2D eigenvalue weighted by Crippen LogP contribution is -2.07. The smallest absolute Gasteiger partial charge is 0.277 e. The molecule has 2 heterocycles. The molecular weight excluding hydrogens is 292 g/mol. The molecule has 1 saturated carbocycles. The first kappa shape index (κ1) is 12.7. The number of ketones is 1. The fourth-order valence-corrected chi connectivity index (χ4v) is 3.43. The SMILES string of the molecule is O=C1CCC[C@@H]1Sc1nnc(-c2ccc3c(c2)OCO3)o1. The van der Waals surface area contributed by atoms with Crippen molar-refractivity contribution >= 4 is 17.5 Å². The second-order valence-corrected chi connectivity index (χ2v) is 6.06. The minimum absolute atomic E-state index is 0.0462. The van der Waals surface area contributed by atoms with E-state index >= 15 is 0 Å². The standard InChI is InChI=1S/C14H12N2O4S/c17-9-2-1-3-12(9)21-14-16-15-13(20-14)8-4-5-10-11(6-8)19-7-18-10/h4-6,12H,1-3,7H2/t12-/m0/s1. The van der Waals surface area contributed by atoms with E-state index < -0.39 is 0 Å². The molecule has 21 heavy (non-hydrogen) atoms. The van der Waals surface area contributed by atoms with Crippen LogP contribution in [0.15, 0.2) is 27.8 Å². The molecule has 0 radical (unpaired) electrons. The van der Waals surface area contributed by atoms with Crippen molar-refractivity contribution < 1.29 is 18.7 Å². The molecule has 0 N–H and O–H groups in total. The van der Waals surface area contributed by atoms with Gasteiger partial charge >= 0.3 is 0 Å². The van der Waals surface area contributed by atoms with E-state index in [1.54, 1.807) is 0 Å². The van der Waals surface area contributed by atoms with Crippen molar-refractivity contribution in [3.05, 3.63) is 18.2 Å². The van der Waals surface area contributed by atoms with Crippen molar-refractivity contribution in [3.63, 3.8) is 0 Å². The second kappa shape index (κ2) is 5.07. The van der Waals surface area contributed by atoms with Crippen molar-refractivity contribution in [2.24, 2.45) is 0 Å². The molecule has 2 aromatic rings. The number of hydrogen-bond acceptors (Lipinski definition) is 7. The number of thioether (sulfide) groups is 1. The van der Waals surface area contributed by atoms with Gasteiger partial charge in [0.15, 0.2) is 11.5 Å². The Hall–Kier alpha value is -2.02. The fourth-order valence-electron chi connectivity index (χ4n) is 2.43. The number of Topliss-reactive ketones (excluding diaryl/α,β-unsaturated/α-hetero) is 1. The van der Waals surface area contributed by atoms with Gasteiger partial charge in [-0.05, 0) is 31.0 Å². The quantitative estimate of drug-likeness (QED) is 0.863. The van der Waals surface area contributed by atoms with Gasteiger partial charge in [0.25, 0.3) is 5.22 Å². The van der Waals surface area contributed by atoms with Gasteiger partial charge in [0.05, 0.1) is 5.25 Å². The number of benzene rings is 1. The fraction of sp³-hybridized carbons (Fsp3) is 0.357. The van der Waals surface area contributed by atoms with E-state index in [9.17, 15) is 4.79 Å². The highest BCUT2D eigenvalue weighted by Gasteiger charge is 2.27. The van der Waals surface area contributed by atoms with Crippen LogP contribution in [0.5, 0.6) is 11.5 Å². The normalized spacial score (nSPS) is 20.2. The largest absolute Gasteiger partial charge is 0.454 e. The van der Waals surface area contributed by atoms with Gasteiger partial charge in [0.2, 0.25) is 12.7 Å². The van der Waals surface area contributed by atoms with Crippen molar-refractivity contribution in [1.29, 1.82) is 0 Å². The van der Waals surface area contributed by atoms with E-state index in [1.165, 1.54) is 11.8 Å². The molecular formula is C14H12N2O4S. The highest BCUT2D eigenvalue weighted by Crippen LogP contribution is 2.37. The zero-order chi connectivity index (χ0) is 14.2. The Labute approximate surface area is 124 Å². The molecule has 2 aliphatic rings. The second-order valence-electron chi connectivity index (χ2n) is 4.91. The van der Waals surface area contributed by atoms with Gasteiger partial charge in [-0.1, -0.05) is 11.8 Å². The van der Waals surface area contributed by atoms with Crippen molar-refractivity contribution in [1.82, 2.24) is 10.2 Å². The maximum absolute atomic E-state index is 11.6. The van der Waals surface area contributed by atoms with Gasteiger partial charge < -0.3 is 13.9 Å². The lowest BCUT2D eigenvalue weighted by atomic mass is 10.2. The summed E-state index contributed by atoms with van der Waals surface area (Å²) < 4.78 is 16.2. The van der Waals surface area contributed by atoms with Crippen LogP contribution in [0.25, 0.3) is 11.5 Å². The Morgan fingerprint density at radius 3 is 2.95 bits per heavy atom. The molecule has 0 bridgehead atoms. The van der Waals surface area contributed by atoms with E-state index in [4.69, 9.17) is 13.9 Å². The summed E-state index contributed by atoms with van der Waals surface area (Å²) in [5.41, 5.74) is 0.774. The summed E-state index contributed by atoms with van der Waals surface area (Å²) in [6, 6.07) is 5.47. The van der Waals surface area contributed by atoms with E-state index in [1.807, 2.05) is 18.2 Å². The molecule has 1 atom stereocenters. The zero-order valence-electron chi connectivity index (χ0n) is 11.1. The monoisotopic (exact) mass is 304 g/mol. The number of carbonyl (C=O) groups is 1. The molecule has 0 saturated heterocycles. The number of hydrogen-bond donors (Lipinski definition) is 0. The molecule has 0 amide bonds. The number of aromatic nitrogens is 2. The summed E-state index contributed by atoms with van der Waals surface area (Å²) in [5.74, 6) is 2.07. The summed E-state index contributed by atoms with van der Waals surface area (Å²) in [4.78, 5) is 11.6. The zero-order valence-corrected chi connectivity index (χ0v) is 11.9. The van der Waals surface area contributed by atoms with E-state index in [2.05, 4.69) is 10.2 Å². The van der Waals surface area contributed by atoms with E-state index in [0.717, 1.165) is 18.4 Å². The highest BCUT2D eigenvalue weighted by molar-refractivity contribution is 8.00. The maximum Gasteiger partial charge on any atom is 0.277 e. The summed E-state index contributed by atoms with van der Waals surface area (Å²) >= 11 is 1.35. The first-order valence-electron chi connectivity index (χ1n) is 6.72. The van der Waals surface area contributed by atoms with E-state index in [-0.39, 0.29) is 17.8 Å². The Bertz CT molecular complexity index is 700. The molecule has 1 aromatic carbocycles. The first-order valence-corrected chi connectivity index (χ1v) is 7.60. The number of rotatable bonds is 3. The third kappa shape index (κ3) is 2.37. The lowest BCUT2D eigenvalue weighted by molar-refractivity contribution is -0.116. The van der Waals surface area contributed by atoms with Crippen LogP contribution in [0, 0.1) is 0 Å². The molecule has 1 aliphatic heterocycles. The summed E-state index contributed by atoms with van der Waals surface area (Å²) in [7, 11) is 0. The van der Waals surface area contributed by atoms with Crippen LogP contribution in [0.4, 0.5) is 0 Å². The van der Waals surface area contributed by atoms with Gasteiger partial charge in [0, 0.05) is 12.0 Å².